The van der Waals surface area contributed by atoms with E-state index < -0.39 is 0 Å². The molecule has 1 aliphatic rings. The van der Waals surface area contributed by atoms with Crippen molar-refractivity contribution in [2.45, 2.75) is 63.2 Å². The van der Waals surface area contributed by atoms with Crippen LogP contribution < -0.4 is 0 Å². The molecule has 27 heavy (non-hydrogen) atoms. The summed E-state index contributed by atoms with van der Waals surface area (Å²) in [7, 11) is 0. The Balaban J connectivity index is 1.78. The maximum Gasteiger partial charge on any atom is 0.348 e. The Morgan fingerprint density at radius 3 is 2.89 bits per heavy atom. The van der Waals surface area contributed by atoms with Crippen LogP contribution in [0.15, 0.2) is 10.2 Å². The van der Waals surface area contributed by atoms with Gasteiger partial charge in [-0.1, -0.05) is 6.42 Å². The van der Waals surface area contributed by atoms with Crippen LogP contribution >= 0.6 is 23.1 Å². The molecular weight excluding hydrogens is 382 g/mol. The molecule has 0 saturated carbocycles. The molecule has 1 aliphatic heterocycles. The van der Waals surface area contributed by atoms with Crippen LogP contribution in [-0.4, -0.2) is 37.3 Å². The quantitative estimate of drug-likeness (QED) is 0.482. The summed E-state index contributed by atoms with van der Waals surface area (Å²) in [4.78, 5) is 22.9. The Morgan fingerprint density at radius 2 is 2.07 bits per heavy atom. The lowest BCUT2D eigenvalue weighted by Gasteiger charge is -2.07. The lowest BCUT2D eigenvalue weighted by atomic mass is 10.2. The second-order valence-electron chi connectivity index (χ2n) is 6.50. The van der Waals surface area contributed by atoms with Crippen LogP contribution in [0.1, 0.15) is 53.1 Å². The average Bonchev–Trinajstić information content (AvgIpc) is 3.06. The third-order valence-corrected chi connectivity index (χ3v) is 6.73. The molecule has 4 rings (SSSR count). The highest BCUT2D eigenvalue weighted by atomic mass is 32.2. The van der Waals surface area contributed by atoms with Crippen molar-refractivity contribution in [3.63, 3.8) is 0 Å². The van der Waals surface area contributed by atoms with Crippen molar-refractivity contribution < 1.29 is 9.53 Å². The van der Waals surface area contributed by atoms with E-state index in [4.69, 9.17) is 4.74 Å². The number of carbonyl (C=O) groups excluding carboxylic acids is 1. The third-order valence-electron chi connectivity index (χ3n) is 4.59. The van der Waals surface area contributed by atoms with Crippen LogP contribution in [0, 0.1) is 13.8 Å². The topological polar surface area (TPSA) is 82.8 Å². The first-order valence-electron chi connectivity index (χ1n) is 9.13. The molecule has 3 aromatic rings. The van der Waals surface area contributed by atoms with E-state index >= 15 is 0 Å². The van der Waals surface area contributed by atoms with Crippen molar-refractivity contribution in [1.82, 2.24) is 24.7 Å². The van der Waals surface area contributed by atoms with Gasteiger partial charge in [-0.25, -0.2) is 14.8 Å². The Kier molecular flexibility index (Phi) is 5.14. The van der Waals surface area contributed by atoms with Crippen LogP contribution in [0.5, 0.6) is 0 Å². The number of ether oxygens (including phenoxy) is 1. The highest BCUT2D eigenvalue weighted by molar-refractivity contribution is 7.99. The molecule has 9 heteroatoms. The second kappa shape index (κ2) is 7.55. The summed E-state index contributed by atoms with van der Waals surface area (Å²) >= 11 is 2.87. The Labute approximate surface area is 165 Å². The number of rotatable bonds is 4. The summed E-state index contributed by atoms with van der Waals surface area (Å²) in [5.41, 5.74) is 0.867. The van der Waals surface area contributed by atoms with E-state index in [0.29, 0.717) is 17.3 Å². The van der Waals surface area contributed by atoms with Crippen LogP contribution in [0.4, 0.5) is 0 Å². The lowest BCUT2D eigenvalue weighted by Crippen LogP contribution is -2.04. The van der Waals surface area contributed by atoms with Crippen molar-refractivity contribution in [3.05, 3.63) is 22.1 Å². The minimum absolute atomic E-state index is 0.303. The van der Waals surface area contributed by atoms with E-state index in [9.17, 15) is 4.79 Å². The SMILES string of the molecule is CCOC(=O)c1sc2nc(C)nc(Sc3nnc4n3CCCCC4)c2c1C. The summed E-state index contributed by atoms with van der Waals surface area (Å²) in [6.45, 7) is 6.90. The molecule has 0 amide bonds. The maximum absolute atomic E-state index is 12.3. The number of thiophene rings is 1. The molecule has 0 fully saturated rings. The van der Waals surface area contributed by atoms with Gasteiger partial charge >= 0.3 is 5.97 Å². The fourth-order valence-electron chi connectivity index (χ4n) is 3.29. The zero-order valence-electron chi connectivity index (χ0n) is 15.6. The van der Waals surface area contributed by atoms with E-state index in [1.807, 2.05) is 20.8 Å². The number of hydrogen-bond acceptors (Lipinski definition) is 8. The van der Waals surface area contributed by atoms with Gasteiger partial charge in [0.2, 0.25) is 0 Å². The van der Waals surface area contributed by atoms with E-state index in [1.165, 1.54) is 29.5 Å². The van der Waals surface area contributed by atoms with Gasteiger partial charge < -0.3 is 9.30 Å². The summed E-state index contributed by atoms with van der Waals surface area (Å²) in [5.74, 6) is 1.42. The Hall–Kier alpha value is -2.00. The molecule has 0 radical (unpaired) electrons. The normalized spacial score (nSPS) is 14.2. The van der Waals surface area contributed by atoms with Crippen molar-refractivity contribution in [2.24, 2.45) is 0 Å². The van der Waals surface area contributed by atoms with Gasteiger partial charge in [0.25, 0.3) is 0 Å². The number of fused-ring (bicyclic) bond motifs is 2. The summed E-state index contributed by atoms with van der Waals surface area (Å²) in [5, 5.41) is 11.4. The van der Waals surface area contributed by atoms with Crippen LogP contribution in [0.3, 0.4) is 0 Å². The molecule has 0 atom stereocenters. The van der Waals surface area contributed by atoms with Gasteiger partial charge in [0.1, 0.15) is 26.4 Å². The van der Waals surface area contributed by atoms with E-state index in [1.54, 1.807) is 0 Å². The minimum atomic E-state index is -0.303. The molecule has 7 nitrogen and oxygen atoms in total. The summed E-state index contributed by atoms with van der Waals surface area (Å²) in [6, 6.07) is 0. The molecule has 0 spiro atoms. The first-order valence-corrected chi connectivity index (χ1v) is 10.8. The highest BCUT2D eigenvalue weighted by Gasteiger charge is 2.23. The molecule has 0 aromatic carbocycles. The smallest absolute Gasteiger partial charge is 0.348 e. The standard InChI is InChI=1S/C18H21N5O2S2/c1-4-25-17(24)14-10(2)13-15(26-14)19-11(3)20-16(13)27-18-22-21-12-8-6-5-7-9-23(12)18/h4-9H2,1-3H3. The predicted octanol–water partition coefficient (Wildman–Crippen LogP) is 3.95. The monoisotopic (exact) mass is 403 g/mol. The van der Waals surface area contributed by atoms with Crippen LogP contribution in [0.2, 0.25) is 0 Å². The van der Waals surface area contributed by atoms with E-state index in [0.717, 1.165) is 57.6 Å². The lowest BCUT2D eigenvalue weighted by molar-refractivity contribution is 0.0531. The number of hydrogen-bond donors (Lipinski definition) is 0. The average molecular weight is 404 g/mol. The number of aromatic nitrogens is 5. The van der Waals surface area contributed by atoms with Crippen molar-refractivity contribution in [1.29, 1.82) is 0 Å². The second-order valence-corrected chi connectivity index (χ2v) is 8.45. The largest absolute Gasteiger partial charge is 0.462 e. The van der Waals surface area contributed by atoms with Crippen LogP contribution in [-0.2, 0) is 17.7 Å². The Bertz CT molecular complexity index is 1010. The van der Waals surface area contributed by atoms with Crippen molar-refractivity contribution in [3.8, 4) is 0 Å². The van der Waals surface area contributed by atoms with Gasteiger partial charge in [0, 0.05) is 18.4 Å². The van der Waals surface area contributed by atoms with Crippen molar-refractivity contribution in [2.75, 3.05) is 6.61 Å². The number of nitrogens with zero attached hydrogens (tertiary/aromatic N) is 5. The number of carbonyl (C=O) groups is 1. The molecule has 0 N–H and O–H groups in total. The molecule has 0 bridgehead atoms. The van der Waals surface area contributed by atoms with Gasteiger partial charge in [0.05, 0.1) is 6.61 Å². The molecule has 3 aromatic heterocycles. The van der Waals surface area contributed by atoms with Gasteiger partial charge in [-0.05, 0) is 50.9 Å². The molecular formula is C18H21N5O2S2. The zero-order valence-corrected chi connectivity index (χ0v) is 17.2. The number of aryl methyl sites for hydroxylation is 3. The number of esters is 1. The molecule has 0 aliphatic carbocycles. The highest BCUT2D eigenvalue weighted by Crippen LogP contribution is 2.38. The summed E-state index contributed by atoms with van der Waals surface area (Å²) < 4.78 is 7.40. The van der Waals surface area contributed by atoms with Crippen LogP contribution in [0.25, 0.3) is 10.2 Å². The first kappa shape index (κ1) is 18.4. The zero-order chi connectivity index (χ0) is 19.0. The van der Waals surface area contributed by atoms with Gasteiger partial charge in [-0.3, -0.25) is 0 Å². The minimum Gasteiger partial charge on any atom is -0.462 e. The van der Waals surface area contributed by atoms with E-state index in [-0.39, 0.29) is 5.97 Å². The Morgan fingerprint density at radius 1 is 1.22 bits per heavy atom. The predicted molar refractivity (Wildman–Crippen MR) is 105 cm³/mol. The van der Waals surface area contributed by atoms with Gasteiger partial charge in [0.15, 0.2) is 5.16 Å². The fourth-order valence-corrected chi connectivity index (χ4v) is 5.57. The summed E-state index contributed by atoms with van der Waals surface area (Å²) in [6.07, 6.45) is 4.49. The molecule has 0 saturated heterocycles. The fraction of sp³-hybridized carbons (Fsp3) is 0.500. The first-order chi connectivity index (χ1) is 13.1. The van der Waals surface area contributed by atoms with E-state index in [2.05, 4.69) is 24.7 Å². The molecule has 142 valence electrons. The molecule has 4 heterocycles. The van der Waals surface area contributed by atoms with Crippen molar-refractivity contribution >= 4 is 39.3 Å². The third kappa shape index (κ3) is 3.45. The maximum atomic E-state index is 12.3. The molecule has 0 unspecified atom stereocenters. The van der Waals surface area contributed by atoms with Gasteiger partial charge in [-0.2, -0.15) is 0 Å². The van der Waals surface area contributed by atoms with Gasteiger partial charge in [-0.15, -0.1) is 21.5 Å².